The Bertz CT molecular complexity index is 1080. The summed E-state index contributed by atoms with van der Waals surface area (Å²) in [5.41, 5.74) is 2.82. The Labute approximate surface area is 185 Å². The third kappa shape index (κ3) is 4.28. The highest BCUT2D eigenvalue weighted by Gasteiger charge is 2.27. The van der Waals surface area contributed by atoms with E-state index in [0.29, 0.717) is 18.2 Å². The summed E-state index contributed by atoms with van der Waals surface area (Å²) < 4.78 is 21.5. The van der Waals surface area contributed by atoms with Crippen LogP contribution in [0.3, 0.4) is 0 Å². The van der Waals surface area contributed by atoms with Crippen LogP contribution in [0.2, 0.25) is 5.02 Å². The van der Waals surface area contributed by atoms with Crippen molar-refractivity contribution in [1.29, 1.82) is 0 Å². The van der Waals surface area contributed by atoms with Crippen molar-refractivity contribution in [2.75, 3.05) is 18.0 Å². The number of benzene rings is 1. The summed E-state index contributed by atoms with van der Waals surface area (Å²) >= 11 is 6.05. The van der Waals surface area contributed by atoms with Crippen LogP contribution in [0.15, 0.2) is 36.8 Å². The fourth-order valence-corrected chi connectivity index (χ4v) is 4.77. The van der Waals surface area contributed by atoms with Crippen LogP contribution in [0, 0.1) is 5.82 Å². The van der Waals surface area contributed by atoms with Crippen molar-refractivity contribution in [2.45, 2.75) is 45.8 Å². The van der Waals surface area contributed by atoms with Gasteiger partial charge in [0, 0.05) is 37.4 Å². The average Bonchev–Trinajstić information content (AvgIpc) is 3.15. The molecule has 0 unspecified atom stereocenters. The lowest BCUT2D eigenvalue weighted by Crippen LogP contribution is -2.44. The van der Waals surface area contributed by atoms with Crippen LogP contribution in [-0.4, -0.2) is 49.9 Å². The zero-order valence-corrected chi connectivity index (χ0v) is 18.3. The number of halogens is 2. The number of hydrogen-bond donors (Lipinski definition) is 0. The predicted molar refractivity (Wildman–Crippen MR) is 116 cm³/mol. The maximum Gasteiger partial charge on any atom is 0.163 e. The molecule has 2 aliphatic rings. The molecule has 9 heteroatoms. The minimum atomic E-state index is -0.349. The van der Waals surface area contributed by atoms with Crippen LogP contribution >= 0.6 is 11.6 Å². The fourth-order valence-electron chi connectivity index (χ4n) is 4.53. The van der Waals surface area contributed by atoms with Gasteiger partial charge in [-0.05, 0) is 49.2 Å². The summed E-state index contributed by atoms with van der Waals surface area (Å²) in [5, 5.41) is 4.74. The maximum atomic E-state index is 13.8. The van der Waals surface area contributed by atoms with Gasteiger partial charge in [-0.1, -0.05) is 11.6 Å². The largest absolute Gasteiger partial charge is 0.373 e. The third-order valence-electron chi connectivity index (χ3n) is 5.58. The Morgan fingerprint density at radius 1 is 1.06 bits per heavy atom. The Hall–Kier alpha value is -2.55. The normalized spacial score (nSPS) is 21.1. The van der Waals surface area contributed by atoms with Crippen molar-refractivity contribution >= 4 is 17.4 Å². The van der Waals surface area contributed by atoms with E-state index in [9.17, 15) is 4.39 Å². The quantitative estimate of drug-likeness (QED) is 0.613. The molecule has 7 nitrogen and oxygen atoms in total. The Balaban J connectivity index is 1.44. The van der Waals surface area contributed by atoms with Crippen molar-refractivity contribution in [3.8, 4) is 11.4 Å². The number of aromatic nitrogens is 4. The van der Waals surface area contributed by atoms with Gasteiger partial charge in [0.05, 0.1) is 17.8 Å². The summed E-state index contributed by atoms with van der Waals surface area (Å²) in [6.45, 7) is 7.75. The molecule has 1 aromatic carbocycles. The smallest absolute Gasteiger partial charge is 0.163 e. The molecule has 1 fully saturated rings. The molecular weight excluding hydrogens is 419 g/mol. The first-order chi connectivity index (χ1) is 14.9. The first-order valence-electron chi connectivity index (χ1n) is 10.4. The van der Waals surface area contributed by atoms with Crippen molar-refractivity contribution in [2.24, 2.45) is 0 Å². The molecule has 3 aromatic rings. The molecule has 2 aliphatic heterocycles. The third-order valence-corrected chi connectivity index (χ3v) is 5.80. The van der Waals surface area contributed by atoms with E-state index in [-0.39, 0.29) is 18.0 Å². The molecule has 162 valence electrons. The van der Waals surface area contributed by atoms with E-state index in [4.69, 9.17) is 21.3 Å². The summed E-state index contributed by atoms with van der Waals surface area (Å²) in [7, 11) is 0. The number of morpholine rings is 1. The minimum Gasteiger partial charge on any atom is -0.373 e. The molecule has 0 N–H and O–H groups in total. The van der Waals surface area contributed by atoms with Gasteiger partial charge in [0.1, 0.15) is 24.6 Å². The van der Waals surface area contributed by atoms with Crippen LogP contribution < -0.4 is 4.90 Å². The average molecular weight is 443 g/mol. The first kappa shape index (κ1) is 20.4. The topological polar surface area (TPSA) is 59.3 Å². The second-order valence-electron chi connectivity index (χ2n) is 8.37. The highest BCUT2D eigenvalue weighted by atomic mass is 35.5. The maximum absolute atomic E-state index is 13.8. The van der Waals surface area contributed by atoms with E-state index < -0.39 is 0 Å². The molecular formula is C22H24ClFN6O. The second-order valence-corrected chi connectivity index (χ2v) is 8.80. The number of hydrogen-bond acceptors (Lipinski definition) is 6. The first-order valence-corrected chi connectivity index (χ1v) is 10.8. The van der Waals surface area contributed by atoms with E-state index in [1.165, 1.54) is 12.1 Å². The van der Waals surface area contributed by atoms with Gasteiger partial charge in [0.2, 0.25) is 0 Å². The van der Waals surface area contributed by atoms with Crippen LogP contribution in [0.5, 0.6) is 0 Å². The lowest BCUT2D eigenvalue weighted by atomic mass is 10.1. The van der Waals surface area contributed by atoms with E-state index >= 15 is 0 Å². The van der Waals surface area contributed by atoms with Crippen molar-refractivity contribution in [1.82, 2.24) is 24.6 Å². The number of ether oxygens (including phenoxy) is 1. The summed E-state index contributed by atoms with van der Waals surface area (Å²) in [6.07, 6.45) is 3.90. The lowest BCUT2D eigenvalue weighted by molar-refractivity contribution is -0.0705. The van der Waals surface area contributed by atoms with Crippen molar-refractivity contribution in [3.63, 3.8) is 0 Å². The highest BCUT2D eigenvalue weighted by Crippen LogP contribution is 2.34. The zero-order chi connectivity index (χ0) is 21.5. The number of rotatable bonds is 4. The van der Waals surface area contributed by atoms with Crippen LogP contribution in [0.4, 0.5) is 10.2 Å². The lowest BCUT2D eigenvalue weighted by Gasteiger charge is -2.35. The number of anilines is 1. The number of pyridine rings is 1. The molecule has 31 heavy (non-hydrogen) atoms. The van der Waals surface area contributed by atoms with Crippen molar-refractivity contribution < 1.29 is 9.13 Å². The van der Waals surface area contributed by atoms with E-state index in [1.54, 1.807) is 12.4 Å². The molecule has 2 aromatic heterocycles. The zero-order valence-electron chi connectivity index (χ0n) is 17.5. The van der Waals surface area contributed by atoms with Crippen molar-refractivity contribution in [3.05, 3.63) is 58.8 Å². The van der Waals surface area contributed by atoms with Crippen LogP contribution in [0.25, 0.3) is 11.4 Å². The van der Waals surface area contributed by atoms with Gasteiger partial charge in [-0.3, -0.25) is 4.90 Å². The summed E-state index contributed by atoms with van der Waals surface area (Å²) in [6, 6.07) is 6.72. The molecule has 4 heterocycles. The van der Waals surface area contributed by atoms with E-state index in [2.05, 4.69) is 39.8 Å². The van der Waals surface area contributed by atoms with Gasteiger partial charge in [-0.2, -0.15) is 5.10 Å². The van der Waals surface area contributed by atoms with E-state index in [1.807, 2.05) is 10.9 Å². The van der Waals surface area contributed by atoms with Gasteiger partial charge in [0.15, 0.2) is 5.82 Å². The van der Waals surface area contributed by atoms with E-state index in [0.717, 1.165) is 48.0 Å². The monoisotopic (exact) mass is 442 g/mol. The Kier molecular flexibility index (Phi) is 5.37. The molecule has 5 rings (SSSR count). The minimum absolute atomic E-state index is 0.214. The number of fused-ring (bicyclic) bond motifs is 3. The van der Waals surface area contributed by atoms with Gasteiger partial charge < -0.3 is 9.64 Å². The molecule has 1 saturated heterocycles. The molecule has 0 aliphatic carbocycles. The molecule has 0 saturated carbocycles. The molecule has 0 radical (unpaired) electrons. The highest BCUT2D eigenvalue weighted by molar-refractivity contribution is 6.30. The second kappa shape index (κ2) is 8.18. The van der Waals surface area contributed by atoms with Crippen LogP contribution in [-0.2, 0) is 24.5 Å². The Morgan fingerprint density at radius 2 is 1.87 bits per heavy atom. The molecule has 0 spiro atoms. The van der Waals surface area contributed by atoms with Gasteiger partial charge in [-0.15, -0.1) is 0 Å². The molecule has 0 bridgehead atoms. The summed E-state index contributed by atoms with van der Waals surface area (Å²) in [5.74, 6) is 1.26. The molecule has 2 atom stereocenters. The Morgan fingerprint density at radius 3 is 2.65 bits per heavy atom. The summed E-state index contributed by atoms with van der Waals surface area (Å²) in [4.78, 5) is 13.7. The number of nitrogens with zero attached hydrogens (tertiary/aromatic N) is 6. The van der Waals surface area contributed by atoms with Crippen LogP contribution in [0.1, 0.15) is 25.0 Å². The predicted octanol–water partition coefficient (Wildman–Crippen LogP) is 3.72. The van der Waals surface area contributed by atoms with Gasteiger partial charge >= 0.3 is 0 Å². The SMILES string of the molecule is C[C@@H]1CN(Cc2cnc3c(c2)-c2ncnn2CN3Cc2cc(F)cc(Cl)c2)C[C@H](C)O1. The van der Waals surface area contributed by atoms with Gasteiger partial charge in [0.25, 0.3) is 0 Å². The fraction of sp³-hybridized carbons (Fsp3) is 0.409. The van der Waals surface area contributed by atoms with Gasteiger partial charge in [-0.25, -0.2) is 19.0 Å². The standard InChI is InChI=1S/C22H24ClFN6O/c1-14-8-28(9-15(2)31-14)10-17-5-20-21(25-7-17)29(13-30-22(20)26-12-27-30)11-16-3-18(23)6-19(24)4-16/h3-7,12,14-15H,8-11,13H2,1-2H3/t14-,15+. The molecule has 0 amide bonds.